The van der Waals surface area contributed by atoms with Gasteiger partial charge in [-0.1, -0.05) is 161 Å². The first-order valence-corrected chi connectivity index (χ1v) is 48.8. The number of carbonyl (C=O) groups is 7. The first-order chi connectivity index (χ1) is 70.6. The number of carbonyl (C=O) groups excluding carboxylic acids is 7. The Balaban J connectivity index is 0.000000135. The van der Waals surface area contributed by atoms with Crippen molar-refractivity contribution >= 4 is 81.1 Å². The number of aromatic amines is 1. The fourth-order valence-corrected chi connectivity index (χ4v) is 16.9. The van der Waals surface area contributed by atoms with E-state index in [0.29, 0.717) is 110 Å². The van der Waals surface area contributed by atoms with Gasteiger partial charge in [-0.2, -0.15) is 20.4 Å². The fourth-order valence-electron chi connectivity index (χ4n) is 16.8. The maximum absolute atomic E-state index is 13.5. The first kappa shape index (κ1) is 102. The van der Waals surface area contributed by atoms with E-state index < -0.39 is 0 Å². The molecule has 3 aliphatic heterocycles. The topological polar surface area (TPSA) is 353 Å². The highest BCUT2D eigenvalue weighted by molar-refractivity contribution is 6.30. The maximum Gasteiger partial charge on any atom is 0.327 e. The Hall–Kier alpha value is -17.1. The van der Waals surface area contributed by atoms with Gasteiger partial charge in [0.2, 0.25) is 17.7 Å². The molecular formula is C116H110ClF2N17O12. The molecule has 752 valence electrons. The lowest BCUT2D eigenvalue weighted by Crippen LogP contribution is -2.13. The number of aromatic nitrogens is 14. The lowest BCUT2D eigenvalue weighted by molar-refractivity contribution is -0.118. The second-order valence-electron chi connectivity index (χ2n) is 40.6. The molecule has 0 saturated heterocycles. The summed E-state index contributed by atoms with van der Waals surface area (Å²) in [6.45, 7) is 25.0. The Morgan fingerprint density at radius 2 is 0.595 bits per heavy atom. The number of fused-ring (bicyclic) bond motifs is 4. The highest BCUT2D eigenvalue weighted by Crippen LogP contribution is 2.39. The third-order valence-corrected chi connectivity index (χ3v) is 25.0. The van der Waals surface area contributed by atoms with Crippen molar-refractivity contribution in [3.05, 3.63) is 385 Å². The number of nitrogens with one attached hydrogen (secondary N) is 4. The third kappa shape index (κ3) is 25.3. The number of aryl methyl sites for hydroxylation is 1. The number of pyridine rings is 4. The summed E-state index contributed by atoms with van der Waals surface area (Å²) in [6, 6.07) is 73.9. The van der Waals surface area contributed by atoms with Gasteiger partial charge in [-0.05, 0) is 198 Å². The summed E-state index contributed by atoms with van der Waals surface area (Å²) >= 11 is 6.07. The van der Waals surface area contributed by atoms with Crippen LogP contribution < -0.4 is 40.6 Å². The molecule has 29 nitrogen and oxygen atoms in total. The Kier molecular flexibility index (Phi) is 30.1. The molecule has 0 unspecified atom stereocenters. The minimum Gasteiger partial charge on any atom is -0.457 e. The molecule has 0 fully saturated rings. The van der Waals surface area contributed by atoms with Crippen LogP contribution in [0.2, 0.25) is 5.02 Å². The van der Waals surface area contributed by atoms with Crippen molar-refractivity contribution in [3.8, 4) is 68.7 Å². The van der Waals surface area contributed by atoms with Gasteiger partial charge in [0.25, 0.3) is 0 Å². The molecule has 20 rings (SSSR count). The summed E-state index contributed by atoms with van der Waals surface area (Å²) in [4.78, 5) is 119. The molecule has 32 heteroatoms. The molecule has 148 heavy (non-hydrogen) atoms. The molecule has 3 aliphatic rings. The van der Waals surface area contributed by atoms with E-state index in [9.17, 15) is 47.1 Å². The predicted octanol–water partition coefficient (Wildman–Crippen LogP) is 21.4. The molecule has 0 aliphatic carbocycles. The van der Waals surface area contributed by atoms with Crippen LogP contribution in [0.5, 0.6) is 46.0 Å². The average Bonchev–Trinajstić information content (AvgIpc) is 1.66. The number of ketones is 4. The van der Waals surface area contributed by atoms with Crippen LogP contribution in [-0.4, -0.2) is 109 Å². The number of para-hydroxylation sites is 1. The molecular weight excluding hydrogens is 1900 g/mol. The average molecular weight is 2010 g/mol. The smallest absolute Gasteiger partial charge is 0.327 e. The van der Waals surface area contributed by atoms with Crippen LogP contribution in [-0.2, 0) is 133 Å². The molecule has 0 atom stereocenters. The monoisotopic (exact) mass is 2010 g/mol. The number of Topliss-reactive ketones (excluding diaryl/α,β-unsaturated/α-hetero) is 4. The van der Waals surface area contributed by atoms with Crippen molar-refractivity contribution in [3.63, 3.8) is 0 Å². The van der Waals surface area contributed by atoms with Gasteiger partial charge in [-0.15, -0.1) is 0 Å². The summed E-state index contributed by atoms with van der Waals surface area (Å²) in [6.07, 6.45) is 9.14. The van der Waals surface area contributed by atoms with Gasteiger partial charge in [0.1, 0.15) is 98.0 Å². The maximum atomic E-state index is 13.5. The van der Waals surface area contributed by atoms with Gasteiger partial charge in [0.15, 0.2) is 11.4 Å². The Morgan fingerprint density at radius 3 is 0.885 bits per heavy atom. The standard InChI is InChI=1S/C29H27ClN4O3.C29H28FN5O3.C29H27FN4O3.C29H28N4O3/c1-29(2,3)26-16-21(34(33-26)20-8-6-19(30)7-9-20)15-22(35)14-18-4-10-23(11-5-18)37-25-12-13-31-28-24(25)17-27(36)32-28;1-29(2,3)25-17-21(35(33-25)20-9-7-19(30)8-10-20)16-22(36)15-18-5-11-23(12-6-18)38-24-13-14-31-27-26(24)34(4)28(37)32-27;1-29(2,3)26-16-21(34(33-26)20-8-6-19(30)7-9-20)15-22(35)14-18-4-10-23(11-5-18)37-25-12-13-31-28-24(25)17-27(36)32-28;1-29(2,3)26-17-21(33(32-26)20-7-5-4-6-8-20)16-22(34)15-19-9-11-23(12-10-19)36-25-13-14-30-28-24(25)18-27(35)31-28/h4-13,16H,14-15,17H2,1-3H3,(H,31,32,36);5-14,17H,15-16H2,1-4H3,(H,31,32,37);4-13,16H,14-15,17H2,1-3H3,(H,31,32,36);4-14,17H,15-16,18H2,1-3H3,(H,30,31,35). The number of benzene rings is 8. The molecule has 3 amide bonds. The molecule has 4 N–H and O–H groups in total. The van der Waals surface area contributed by atoms with Crippen LogP contribution in [0.25, 0.3) is 33.9 Å². The van der Waals surface area contributed by atoms with E-state index in [4.69, 9.17) is 50.9 Å². The largest absolute Gasteiger partial charge is 0.457 e. The number of hydrogen-bond acceptors (Lipinski definition) is 20. The summed E-state index contributed by atoms with van der Waals surface area (Å²) in [7, 11) is 1.65. The highest BCUT2D eigenvalue weighted by Gasteiger charge is 2.32. The van der Waals surface area contributed by atoms with Crippen LogP contribution in [0.15, 0.2) is 278 Å². The fraction of sp³-hybridized carbons (Fsp3) is 0.241. The number of imidazole rings is 1. The van der Waals surface area contributed by atoms with Crippen molar-refractivity contribution in [2.24, 2.45) is 7.05 Å². The summed E-state index contributed by atoms with van der Waals surface area (Å²) in [5.41, 5.74) is 15.9. The van der Waals surface area contributed by atoms with Gasteiger partial charge in [-0.3, -0.25) is 43.1 Å². The number of rotatable bonds is 28. The number of hydrogen-bond donors (Lipinski definition) is 4. The van der Waals surface area contributed by atoms with Crippen molar-refractivity contribution < 1.29 is 61.3 Å². The van der Waals surface area contributed by atoms with Crippen LogP contribution in [0, 0.1) is 11.6 Å². The number of anilines is 3. The molecule has 17 aromatic rings. The number of amides is 3. The number of H-pyrrole nitrogens is 1. The second-order valence-corrected chi connectivity index (χ2v) is 41.1. The van der Waals surface area contributed by atoms with E-state index in [1.807, 2.05) is 161 Å². The molecule has 0 bridgehead atoms. The van der Waals surface area contributed by atoms with Crippen LogP contribution in [0.3, 0.4) is 0 Å². The zero-order valence-electron chi connectivity index (χ0n) is 84.1. The van der Waals surface area contributed by atoms with Gasteiger partial charge in [-0.25, -0.2) is 52.2 Å². The molecule has 0 saturated carbocycles. The van der Waals surface area contributed by atoms with E-state index in [1.165, 1.54) is 28.8 Å². The minimum atomic E-state index is -0.326. The number of ether oxygens (including phenoxy) is 4. The van der Waals surface area contributed by atoms with Gasteiger partial charge in [0, 0.05) is 133 Å². The van der Waals surface area contributed by atoms with Crippen molar-refractivity contribution in [1.82, 2.24) is 68.6 Å². The summed E-state index contributed by atoms with van der Waals surface area (Å²) < 4.78 is 59.5. The van der Waals surface area contributed by atoms with Gasteiger partial charge >= 0.3 is 5.69 Å². The van der Waals surface area contributed by atoms with Crippen molar-refractivity contribution in [1.29, 1.82) is 0 Å². The molecule has 0 radical (unpaired) electrons. The van der Waals surface area contributed by atoms with Crippen molar-refractivity contribution in [2.45, 2.75) is 175 Å². The molecule has 0 spiro atoms. The van der Waals surface area contributed by atoms with E-state index in [0.717, 1.165) is 95.9 Å². The van der Waals surface area contributed by atoms with E-state index in [-0.39, 0.29) is 131 Å². The Labute approximate surface area is 858 Å². The minimum absolute atomic E-state index is 0.0283. The highest BCUT2D eigenvalue weighted by atomic mass is 35.5. The first-order valence-electron chi connectivity index (χ1n) is 48.4. The second kappa shape index (κ2) is 43.4. The van der Waals surface area contributed by atoms with E-state index >= 15 is 0 Å². The van der Waals surface area contributed by atoms with Crippen LogP contribution >= 0.6 is 11.6 Å². The van der Waals surface area contributed by atoms with Crippen molar-refractivity contribution in [2.75, 3.05) is 16.0 Å². The molecule has 9 aromatic heterocycles. The Morgan fingerprint density at radius 1 is 0.331 bits per heavy atom. The lowest BCUT2D eigenvalue weighted by atomic mass is 9.92. The number of nitrogens with zero attached hydrogens (tertiary/aromatic N) is 13. The third-order valence-electron chi connectivity index (χ3n) is 24.7. The molecule has 8 aromatic carbocycles. The zero-order valence-corrected chi connectivity index (χ0v) is 84.9. The Bertz CT molecular complexity index is 7660. The SMILES string of the molecule is CC(C)(C)c1cc(CC(=O)Cc2ccc(Oc3ccnc4c3CC(=O)N4)cc2)n(-c2ccc(Cl)cc2)n1.CC(C)(C)c1cc(CC(=O)Cc2ccc(Oc3ccnc4c3CC(=O)N4)cc2)n(-c2ccc(F)cc2)n1.CC(C)(C)c1cc(CC(=O)Cc2ccc(Oc3ccnc4c3CC(=O)N4)cc2)n(-c2ccccc2)n1.Cn1c(=O)[nH]c2nccc(Oc3ccc(CC(=O)Cc4cc(C(C)(C)C)nn4-c4ccc(F)cc4)cc3)c21. The van der Waals surface area contributed by atoms with E-state index in [1.54, 1.807) is 114 Å². The summed E-state index contributed by atoms with van der Waals surface area (Å²) in [5, 5.41) is 27.8. The van der Waals surface area contributed by atoms with Gasteiger partial charge in [0.05, 0.1) is 87.6 Å². The van der Waals surface area contributed by atoms with E-state index in [2.05, 4.69) is 124 Å². The lowest BCUT2D eigenvalue weighted by Gasteiger charge is -2.14. The normalized spacial score (nSPS) is 12.5. The summed E-state index contributed by atoms with van der Waals surface area (Å²) in [5.74, 6) is 5.64. The van der Waals surface area contributed by atoms with Crippen LogP contribution in [0.1, 0.15) is 168 Å². The zero-order chi connectivity index (χ0) is 105. The van der Waals surface area contributed by atoms with Crippen LogP contribution in [0.4, 0.5) is 26.2 Å². The predicted molar refractivity (Wildman–Crippen MR) is 561 cm³/mol. The molecule has 12 heterocycles. The quantitative estimate of drug-likeness (QED) is 0.0354. The number of halogens is 3. The van der Waals surface area contributed by atoms with Gasteiger partial charge < -0.3 is 34.9 Å².